The molecule has 2 aromatic carbocycles. The Balaban J connectivity index is 1.57. The summed E-state index contributed by atoms with van der Waals surface area (Å²) in [6.07, 6.45) is 1.79. The van der Waals surface area contributed by atoms with Gasteiger partial charge in [-0.1, -0.05) is 61.8 Å². The van der Waals surface area contributed by atoms with Gasteiger partial charge >= 0.3 is 6.09 Å². The van der Waals surface area contributed by atoms with Gasteiger partial charge in [0.05, 0.1) is 16.5 Å². The van der Waals surface area contributed by atoms with Gasteiger partial charge in [-0.25, -0.2) is 13.2 Å². The highest BCUT2D eigenvalue weighted by molar-refractivity contribution is 7.89. The number of aromatic nitrogens is 1. The van der Waals surface area contributed by atoms with Crippen LogP contribution in [0.3, 0.4) is 0 Å². The SMILES string of the molecule is CC(C)CN(C[C@@H](O)C1(NC(=O)OCc2cccnc2)CC1c1ccccc1)S(=O)(=O)c1ccc(Cl)cc1. The first kappa shape index (κ1) is 28.0. The third-order valence-electron chi connectivity index (χ3n) is 6.62. The first-order valence-electron chi connectivity index (χ1n) is 12.4. The van der Waals surface area contributed by atoms with Gasteiger partial charge in [-0.3, -0.25) is 4.98 Å². The number of carbonyl (C=O) groups is 1. The molecule has 1 aromatic heterocycles. The van der Waals surface area contributed by atoms with Crippen LogP contribution in [0, 0.1) is 5.92 Å². The topological polar surface area (TPSA) is 109 Å². The Morgan fingerprint density at radius 3 is 2.47 bits per heavy atom. The maximum Gasteiger partial charge on any atom is 0.408 e. The molecular weight excluding hydrogens is 526 g/mol. The molecule has 1 aliphatic rings. The van der Waals surface area contributed by atoms with Crippen molar-refractivity contribution in [3.05, 3.63) is 95.3 Å². The molecule has 4 rings (SSSR count). The van der Waals surface area contributed by atoms with Crippen LogP contribution in [0.25, 0.3) is 0 Å². The molecule has 3 atom stereocenters. The first-order chi connectivity index (χ1) is 18.1. The van der Waals surface area contributed by atoms with Crippen LogP contribution >= 0.6 is 11.6 Å². The van der Waals surface area contributed by atoms with E-state index >= 15 is 0 Å². The van der Waals surface area contributed by atoms with Crippen molar-refractivity contribution in [2.45, 2.75) is 49.3 Å². The number of hydrogen-bond acceptors (Lipinski definition) is 6. The number of amides is 1. The Labute approximate surface area is 228 Å². The van der Waals surface area contributed by atoms with Crippen molar-refractivity contribution >= 4 is 27.7 Å². The zero-order chi connectivity index (χ0) is 27.3. The molecule has 0 spiro atoms. The minimum Gasteiger partial charge on any atom is -0.445 e. The number of nitrogens with one attached hydrogen (secondary N) is 1. The fourth-order valence-electron chi connectivity index (χ4n) is 4.62. The molecular formula is C28H32ClN3O5S. The van der Waals surface area contributed by atoms with Gasteiger partial charge in [0.15, 0.2) is 0 Å². The van der Waals surface area contributed by atoms with Crippen molar-refractivity contribution in [3.63, 3.8) is 0 Å². The summed E-state index contributed by atoms with van der Waals surface area (Å²) in [6.45, 7) is 3.83. The molecule has 0 bridgehead atoms. The Morgan fingerprint density at radius 1 is 1.13 bits per heavy atom. The van der Waals surface area contributed by atoms with E-state index in [9.17, 15) is 18.3 Å². The van der Waals surface area contributed by atoms with Gasteiger partial charge < -0.3 is 15.2 Å². The number of carbonyl (C=O) groups excluding carboxylic acids is 1. The maximum atomic E-state index is 13.5. The highest BCUT2D eigenvalue weighted by Crippen LogP contribution is 2.54. The Kier molecular flexibility index (Phi) is 8.72. The lowest BCUT2D eigenvalue weighted by atomic mass is 10.0. The van der Waals surface area contributed by atoms with Crippen molar-refractivity contribution in [1.29, 1.82) is 0 Å². The van der Waals surface area contributed by atoms with Gasteiger partial charge in [0.2, 0.25) is 10.0 Å². The van der Waals surface area contributed by atoms with Crippen molar-refractivity contribution in [1.82, 2.24) is 14.6 Å². The Bertz CT molecular complexity index is 1320. The van der Waals surface area contributed by atoms with E-state index in [0.29, 0.717) is 11.4 Å². The van der Waals surface area contributed by atoms with Crippen molar-refractivity contribution < 1.29 is 23.1 Å². The standard InChI is InChI=1S/C28H32ClN3O5S/c1-20(2)17-32(38(35,36)24-12-10-23(29)11-13-24)18-26(33)28(15-25(28)22-8-4-3-5-9-22)31-27(34)37-19-21-7-6-14-30-16-21/h3-14,16,20,25-26,33H,15,17-19H2,1-2H3,(H,31,34)/t25?,26-,28?/m1/s1. The lowest BCUT2D eigenvalue weighted by Crippen LogP contribution is -2.53. The number of aliphatic hydroxyl groups is 1. The molecule has 2 unspecified atom stereocenters. The number of sulfonamides is 1. The summed E-state index contributed by atoms with van der Waals surface area (Å²) < 4.78 is 33.8. The third kappa shape index (κ3) is 6.53. The van der Waals surface area contributed by atoms with E-state index < -0.39 is 27.8 Å². The van der Waals surface area contributed by atoms with Crippen LogP contribution in [0.5, 0.6) is 0 Å². The molecule has 2 N–H and O–H groups in total. The minimum atomic E-state index is -3.93. The Hall–Kier alpha value is -2.98. The largest absolute Gasteiger partial charge is 0.445 e. The smallest absolute Gasteiger partial charge is 0.408 e. The molecule has 0 saturated heterocycles. The average Bonchev–Trinajstić information content (AvgIpc) is 3.63. The highest BCUT2D eigenvalue weighted by atomic mass is 35.5. The highest BCUT2D eigenvalue weighted by Gasteiger charge is 2.61. The van der Waals surface area contributed by atoms with E-state index in [1.54, 1.807) is 24.5 Å². The fourth-order valence-corrected chi connectivity index (χ4v) is 6.35. The molecule has 0 aliphatic heterocycles. The van der Waals surface area contributed by atoms with E-state index in [1.807, 2.05) is 44.2 Å². The summed E-state index contributed by atoms with van der Waals surface area (Å²) >= 11 is 5.96. The molecule has 1 heterocycles. The van der Waals surface area contributed by atoms with E-state index in [2.05, 4.69) is 10.3 Å². The Morgan fingerprint density at radius 2 is 1.84 bits per heavy atom. The fraction of sp³-hybridized carbons (Fsp3) is 0.357. The van der Waals surface area contributed by atoms with E-state index in [1.165, 1.54) is 28.6 Å². The summed E-state index contributed by atoms with van der Waals surface area (Å²) in [4.78, 5) is 17.0. The molecule has 8 nitrogen and oxygen atoms in total. The number of halogens is 1. The number of hydrogen-bond donors (Lipinski definition) is 2. The predicted molar refractivity (Wildman–Crippen MR) is 145 cm³/mol. The van der Waals surface area contributed by atoms with Crippen LogP contribution in [-0.2, 0) is 21.4 Å². The van der Waals surface area contributed by atoms with Crippen LogP contribution in [0.15, 0.2) is 84.0 Å². The van der Waals surface area contributed by atoms with Gasteiger partial charge in [-0.2, -0.15) is 4.31 Å². The summed E-state index contributed by atoms with van der Waals surface area (Å²) in [6, 6.07) is 19.0. The number of nitrogens with zero attached hydrogens (tertiary/aromatic N) is 2. The van der Waals surface area contributed by atoms with Crippen LogP contribution in [-0.4, -0.2) is 53.6 Å². The average molecular weight is 558 g/mol. The molecule has 10 heteroatoms. The maximum absolute atomic E-state index is 13.5. The monoisotopic (exact) mass is 557 g/mol. The number of alkyl carbamates (subject to hydrolysis) is 1. The summed E-state index contributed by atoms with van der Waals surface area (Å²) in [5.74, 6) is -0.203. The zero-order valence-electron chi connectivity index (χ0n) is 21.3. The van der Waals surface area contributed by atoms with Gasteiger partial charge in [0.25, 0.3) is 0 Å². The predicted octanol–water partition coefficient (Wildman–Crippen LogP) is 4.60. The molecule has 0 radical (unpaired) electrons. The number of aliphatic hydroxyl groups excluding tert-OH is 1. The van der Waals surface area contributed by atoms with Crippen molar-refractivity contribution in [3.8, 4) is 0 Å². The lowest BCUT2D eigenvalue weighted by Gasteiger charge is -2.31. The van der Waals surface area contributed by atoms with Crippen molar-refractivity contribution in [2.24, 2.45) is 5.92 Å². The molecule has 38 heavy (non-hydrogen) atoms. The zero-order valence-corrected chi connectivity index (χ0v) is 22.9. The van der Waals surface area contributed by atoms with Gasteiger partial charge in [-0.15, -0.1) is 0 Å². The van der Waals surface area contributed by atoms with Crippen LogP contribution in [0.4, 0.5) is 4.79 Å². The molecule has 1 saturated carbocycles. The number of benzene rings is 2. The number of pyridine rings is 1. The van der Waals surface area contributed by atoms with Crippen LogP contribution in [0.1, 0.15) is 37.3 Å². The second-order valence-corrected chi connectivity index (χ2v) is 12.3. The first-order valence-corrected chi connectivity index (χ1v) is 14.3. The van der Waals surface area contributed by atoms with Crippen LogP contribution in [0.2, 0.25) is 5.02 Å². The summed E-state index contributed by atoms with van der Waals surface area (Å²) in [5, 5.41) is 14.8. The van der Waals surface area contributed by atoms with Gasteiger partial charge in [-0.05, 0) is 48.2 Å². The van der Waals surface area contributed by atoms with E-state index in [4.69, 9.17) is 16.3 Å². The van der Waals surface area contributed by atoms with E-state index in [-0.39, 0.29) is 36.4 Å². The summed E-state index contributed by atoms with van der Waals surface area (Å²) in [7, 11) is -3.93. The normalized spacial score (nSPS) is 19.8. The minimum absolute atomic E-state index is 0.00162. The van der Waals surface area contributed by atoms with Crippen LogP contribution < -0.4 is 5.32 Å². The number of ether oxygens (including phenoxy) is 1. The second kappa shape index (κ2) is 11.8. The molecule has 1 amide bonds. The molecule has 1 fully saturated rings. The molecule has 202 valence electrons. The van der Waals surface area contributed by atoms with Crippen molar-refractivity contribution in [2.75, 3.05) is 13.1 Å². The second-order valence-electron chi connectivity index (χ2n) is 9.96. The lowest BCUT2D eigenvalue weighted by molar-refractivity contribution is 0.0763. The van der Waals surface area contributed by atoms with E-state index in [0.717, 1.165) is 11.1 Å². The summed E-state index contributed by atoms with van der Waals surface area (Å²) in [5.41, 5.74) is 0.581. The number of rotatable bonds is 11. The van der Waals surface area contributed by atoms with Gasteiger partial charge in [0.1, 0.15) is 6.61 Å². The molecule has 3 aromatic rings. The third-order valence-corrected chi connectivity index (χ3v) is 8.72. The van der Waals surface area contributed by atoms with Gasteiger partial charge in [0, 0.05) is 42.0 Å². The quantitative estimate of drug-likeness (QED) is 0.357. The molecule has 1 aliphatic carbocycles.